The maximum absolute atomic E-state index is 12.2. The number of hydrazine groups is 1. The number of carbonyl (C=O) groups is 1. The van der Waals surface area contributed by atoms with Gasteiger partial charge in [0.15, 0.2) is 0 Å². The summed E-state index contributed by atoms with van der Waals surface area (Å²) in [5.74, 6) is 3.01. The molecule has 0 saturated carbocycles. The second-order valence-corrected chi connectivity index (χ2v) is 5.22. The Kier molecular flexibility index (Phi) is 6.37. The number of hydrogen-bond acceptors (Lipinski definition) is 5. The van der Waals surface area contributed by atoms with Crippen molar-refractivity contribution in [2.45, 2.75) is 13.0 Å². The number of nitrogens with one attached hydrogen (secondary N) is 2. The molecule has 1 heterocycles. The molecule has 25 heavy (non-hydrogen) atoms. The van der Waals surface area contributed by atoms with Crippen LogP contribution in [0.5, 0.6) is 11.5 Å². The molecule has 7 nitrogen and oxygen atoms in total. The van der Waals surface area contributed by atoms with Crippen molar-refractivity contribution >= 4 is 13.3 Å². The Balaban J connectivity index is 2.00. The predicted molar refractivity (Wildman–Crippen MR) is 92.0 cm³/mol. The van der Waals surface area contributed by atoms with Crippen LogP contribution in [0.1, 0.15) is 28.9 Å². The molecule has 2 aromatic rings. The maximum atomic E-state index is 12.2. The predicted octanol–water partition coefficient (Wildman–Crippen LogP) is 0.935. The van der Waals surface area contributed by atoms with Crippen molar-refractivity contribution in [3.8, 4) is 17.5 Å². The van der Waals surface area contributed by atoms with Crippen LogP contribution in [0.25, 0.3) is 0 Å². The Morgan fingerprint density at radius 2 is 1.96 bits per heavy atom. The summed E-state index contributed by atoms with van der Waals surface area (Å²) in [4.78, 5) is 12.2. The molecule has 0 fully saturated rings. The first kappa shape index (κ1) is 18.3. The molecule has 1 amide bonds. The fourth-order valence-electron chi connectivity index (χ4n) is 2.24. The van der Waals surface area contributed by atoms with Gasteiger partial charge in [-0.1, -0.05) is 6.07 Å². The van der Waals surface area contributed by atoms with Gasteiger partial charge in [-0.05, 0) is 13.0 Å². The Labute approximate surface area is 147 Å². The highest BCUT2D eigenvalue weighted by Crippen LogP contribution is 2.28. The Bertz CT molecular complexity index is 774. The summed E-state index contributed by atoms with van der Waals surface area (Å²) < 4.78 is 12.1. The van der Waals surface area contributed by atoms with E-state index in [1.807, 2.05) is 25.0 Å². The topological polar surface area (TPSA) is 87.3 Å². The van der Waals surface area contributed by atoms with Crippen LogP contribution in [0, 0.1) is 11.2 Å². The number of carbonyl (C=O) groups excluding carboxylic acids is 1. The maximum Gasteiger partial charge on any atom is 0.265 e. The van der Waals surface area contributed by atoms with Gasteiger partial charge in [0.1, 0.15) is 23.9 Å². The third-order valence-electron chi connectivity index (χ3n) is 3.63. The summed E-state index contributed by atoms with van der Waals surface area (Å²) in [7, 11) is 4.51. The minimum Gasteiger partial charge on any atom is -0.497 e. The molecule has 2 N–H and O–H groups in total. The lowest BCUT2D eigenvalue weighted by Crippen LogP contribution is -2.41. The van der Waals surface area contributed by atoms with Crippen LogP contribution in [-0.4, -0.2) is 27.5 Å². The first-order chi connectivity index (χ1) is 12.1. The smallest absolute Gasteiger partial charge is 0.265 e. The normalized spacial score (nSPS) is 11.3. The third kappa shape index (κ3) is 4.72. The Morgan fingerprint density at radius 3 is 2.56 bits per heavy atom. The van der Waals surface area contributed by atoms with Crippen molar-refractivity contribution in [1.29, 1.82) is 5.26 Å². The number of nitrogens with zero attached hydrogens (tertiary/aromatic N) is 2. The van der Waals surface area contributed by atoms with Crippen LogP contribution >= 0.6 is 0 Å². The number of amides is 1. The van der Waals surface area contributed by atoms with E-state index in [2.05, 4.69) is 10.9 Å². The van der Waals surface area contributed by atoms with E-state index in [0.29, 0.717) is 17.1 Å². The van der Waals surface area contributed by atoms with E-state index < -0.39 is 0 Å². The summed E-state index contributed by atoms with van der Waals surface area (Å²) in [6, 6.07) is 8.58. The van der Waals surface area contributed by atoms with Gasteiger partial charge in [0, 0.05) is 23.8 Å². The molecule has 0 spiro atoms. The standard InChI is InChI=1S/C17H18BN4O3/c1-12(15-5-4-14(24-2)10-16(15)25-3)20-21-17(23)13-6-8-22(9-7-13)18-11-19/h4-10,12,20H,1-3H3/q-1/p+1. The Morgan fingerprint density at radius 1 is 1.24 bits per heavy atom. The van der Waals surface area contributed by atoms with Crippen LogP contribution in [0.2, 0.25) is 0 Å². The lowest BCUT2D eigenvalue weighted by atomic mass is 9.98. The zero-order chi connectivity index (χ0) is 18.2. The molecule has 0 bridgehead atoms. The van der Waals surface area contributed by atoms with Gasteiger partial charge < -0.3 is 14.0 Å². The molecule has 0 aliphatic heterocycles. The summed E-state index contributed by atoms with van der Waals surface area (Å²) in [6.45, 7) is 1.91. The van der Waals surface area contributed by atoms with E-state index in [-0.39, 0.29) is 11.9 Å². The molecule has 1 atom stereocenters. The van der Waals surface area contributed by atoms with Crippen LogP contribution in [-0.2, 0) is 0 Å². The molecule has 1 aromatic heterocycles. The minimum atomic E-state index is -0.275. The van der Waals surface area contributed by atoms with Crippen molar-refractivity contribution in [3.05, 3.63) is 53.9 Å². The first-order valence-corrected chi connectivity index (χ1v) is 7.60. The van der Waals surface area contributed by atoms with Crippen molar-refractivity contribution < 1.29 is 18.7 Å². The second-order valence-electron chi connectivity index (χ2n) is 5.22. The second kappa shape index (κ2) is 8.71. The molecule has 1 unspecified atom stereocenters. The van der Waals surface area contributed by atoms with Gasteiger partial charge in [0.2, 0.25) is 7.41 Å². The van der Waals surface area contributed by atoms with Crippen LogP contribution < -0.4 is 24.8 Å². The highest BCUT2D eigenvalue weighted by atomic mass is 16.5. The quantitative estimate of drug-likeness (QED) is 0.579. The van der Waals surface area contributed by atoms with Crippen LogP contribution in [0.4, 0.5) is 0 Å². The summed E-state index contributed by atoms with van der Waals surface area (Å²) in [5.41, 5.74) is 6.99. The number of rotatable bonds is 7. The zero-order valence-electron chi connectivity index (χ0n) is 14.3. The molecule has 0 aliphatic carbocycles. The van der Waals surface area contributed by atoms with Crippen molar-refractivity contribution in [1.82, 2.24) is 10.9 Å². The zero-order valence-corrected chi connectivity index (χ0v) is 14.3. The molecule has 2 rings (SSSR count). The van der Waals surface area contributed by atoms with E-state index in [1.165, 1.54) is 7.41 Å². The number of hydrogen-bond donors (Lipinski definition) is 2. The average molecular weight is 338 g/mol. The SMILES string of the molecule is COc1ccc(C(C)NNC(=O)c2cc[n+]([B-]C#N)cc2)c(OC)c1. The number of benzene rings is 1. The molecular weight excluding hydrogens is 319 g/mol. The van der Waals surface area contributed by atoms with E-state index in [0.717, 1.165) is 5.56 Å². The van der Waals surface area contributed by atoms with Gasteiger partial charge in [-0.3, -0.25) is 10.2 Å². The lowest BCUT2D eigenvalue weighted by Gasteiger charge is -2.18. The third-order valence-corrected chi connectivity index (χ3v) is 3.63. The van der Waals surface area contributed by atoms with Crippen molar-refractivity contribution in [2.75, 3.05) is 14.2 Å². The van der Waals surface area contributed by atoms with Gasteiger partial charge >= 0.3 is 0 Å². The van der Waals surface area contributed by atoms with Gasteiger partial charge in [-0.2, -0.15) is 0 Å². The lowest BCUT2D eigenvalue weighted by molar-refractivity contribution is -0.527. The number of methoxy groups -OCH3 is 2. The van der Waals surface area contributed by atoms with E-state index in [9.17, 15) is 4.79 Å². The minimum absolute atomic E-state index is 0.176. The number of pyridine rings is 1. The summed E-state index contributed by atoms with van der Waals surface area (Å²) in [6.07, 6.45) is 3.27. The van der Waals surface area contributed by atoms with Gasteiger partial charge in [0.05, 0.1) is 25.8 Å². The molecule has 0 aliphatic rings. The highest BCUT2D eigenvalue weighted by molar-refractivity contribution is 6.35. The van der Waals surface area contributed by atoms with Gasteiger partial charge in [-0.15, -0.1) is 5.97 Å². The first-order valence-electron chi connectivity index (χ1n) is 7.60. The summed E-state index contributed by atoms with van der Waals surface area (Å²) >= 11 is 0. The van der Waals surface area contributed by atoms with Crippen molar-refractivity contribution in [2.24, 2.45) is 0 Å². The monoisotopic (exact) mass is 338 g/mol. The largest absolute Gasteiger partial charge is 0.497 e. The fraction of sp³-hybridized carbons (Fsp3) is 0.235. The Hall–Kier alpha value is -3.05. The highest BCUT2D eigenvalue weighted by Gasteiger charge is 2.14. The van der Waals surface area contributed by atoms with Crippen LogP contribution in [0.3, 0.4) is 0 Å². The number of ether oxygens (including phenoxy) is 2. The fourth-order valence-corrected chi connectivity index (χ4v) is 2.24. The molecule has 128 valence electrons. The summed E-state index contributed by atoms with van der Waals surface area (Å²) in [5, 5.41) is 8.59. The van der Waals surface area contributed by atoms with Crippen LogP contribution in [0.15, 0.2) is 42.7 Å². The molecule has 0 saturated heterocycles. The average Bonchev–Trinajstić information content (AvgIpc) is 2.66. The molecule has 8 heteroatoms. The van der Waals surface area contributed by atoms with Gasteiger partial charge in [-0.25, -0.2) is 10.7 Å². The van der Waals surface area contributed by atoms with E-state index >= 15 is 0 Å². The molecule has 2 radical (unpaired) electrons. The van der Waals surface area contributed by atoms with E-state index in [1.54, 1.807) is 49.3 Å². The molecule has 1 aromatic carbocycles. The van der Waals surface area contributed by atoms with Gasteiger partial charge in [0.25, 0.3) is 5.91 Å². The van der Waals surface area contributed by atoms with Crippen molar-refractivity contribution in [3.63, 3.8) is 0 Å². The molecular formula is C17H19BN4O3. The number of nitriles is 1. The van der Waals surface area contributed by atoms with E-state index in [4.69, 9.17) is 14.7 Å². The number of aromatic nitrogens is 1.